The van der Waals surface area contributed by atoms with E-state index in [1.807, 2.05) is 6.92 Å². The van der Waals surface area contributed by atoms with Crippen LogP contribution in [0.5, 0.6) is 0 Å². The van der Waals surface area contributed by atoms with Crippen LogP contribution >= 0.6 is 23.2 Å². The Morgan fingerprint density at radius 1 is 1.59 bits per heavy atom. The van der Waals surface area contributed by atoms with Crippen molar-refractivity contribution in [2.75, 3.05) is 5.88 Å². The molecule has 1 unspecified atom stereocenters. The van der Waals surface area contributed by atoms with Gasteiger partial charge in [0, 0.05) is 19.0 Å². The summed E-state index contributed by atoms with van der Waals surface area (Å²) in [6.45, 7) is 1.89. The Morgan fingerprint density at radius 3 is 2.65 bits per heavy atom. The molecule has 0 aromatic carbocycles. The lowest BCUT2D eigenvalue weighted by Gasteiger charge is -2.15. The van der Waals surface area contributed by atoms with E-state index in [4.69, 9.17) is 23.2 Å². The average molecular weight is 300 g/mol. The van der Waals surface area contributed by atoms with Crippen LogP contribution in [0.4, 0.5) is 0 Å². The zero-order chi connectivity index (χ0) is 13.1. The fraction of sp³-hybridized carbons (Fsp3) is 0.667. The van der Waals surface area contributed by atoms with Crippen molar-refractivity contribution in [1.29, 1.82) is 0 Å². The molecule has 0 spiro atoms. The van der Waals surface area contributed by atoms with E-state index >= 15 is 0 Å². The second-order valence-electron chi connectivity index (χ2n) is 3.63. The Balaban J connectivity index is 2.96. The summed E-state index contributed by atoms with van der Waals surface area (Å²) in [7, 11) is -2.12. The first-order valence-corrected chi connectivity index (χ1v) is 7.57. The molecule has 1 aromatic heterocycles. The molecule has 8 heteroatoms. The molecule has 5 nitrogen and oxygen atoms in total. The zero-order valence-corrected chi connectivity index (χ0v) is 12.0. The lowest BCUT2D eigenvalue weighted by atomic mass is 10.2. The molecule has 1 aromatic rings. The third-order valence-corrected chi connectivity index (χ3v) is 4.61. The van der Waals surface area contributed by atoms with Gasteiger partial charge in [-0.15, -0.1) is 11.6 Å². The highest BCUT2D eigenvalue weighted by atomic mass is 35.5. The summed E-state index contributed by atoms with van der Waals surface area (Å²) >= 11 is 11.4. The summed E-state index contributed by atoms with van der Waals surface area (Å²) in [5.41, 5.74) is 0. The van der Waals surface area contributed by atoms with Gasteiger partial charge in [0.25, 0.3) is 10.0 Å². The first-order chi connectivity index (χ1) is 7.92. The molecule has 17 heavy (non-hydrogen) atoms. The topological polar surface area (TPSA) is 64.0 Å². The molecule has 1 atom stereocenters. The molecule has 0 aliphatic carbocycles. The number of aryl methyl sites for hydroxylation is 1. The van der Waals surface area contributed by atoms with Crippen LogP contribution in [0.1, 0.15) is 19.8 Å². The number of rotatable bonds is 6. The normalized spacial score (nSPS) is 13.9. The van der Waals surface area contributed by atoms with E-state index in [2.05, 4.69) is 9.82 Å². The summed E-state index contributed by atoms with van der Waals surface area (Å²) in [5, 5.41) is 3.89. The van der Waals surface area contributed by atoms with E-state index in [0.29, 0.717) is 18.7 Å². The first kappa shape index (κ1) is 14.8. The fourth-order valence-corrected chi connectivity index (χ4v) is 3.73. The van der Waals surface area contributed by atoms with Crippen molar-refractivity contribution in [3.05, 3.63) is 11.2 Å². The minimum Gasteiger partial charge on any atom is -0.255 e. The van der Waals surface area contributed by atoms with Crippen LogP contribution in [0.3, 0.4) is 0 Å². The Hall–Kier alpha value is -0.300. The number of hydrogen-bond donors (Lipinski definition) is 1. The standard InChI is InChI=1S/C9H15Cl2N3O2S/c1-3-7(4-5-10)13-17(15,16)9-8(11)6-12-14(9)2/h6-7,13H,3-5H2,1-2H3. The zero-order valence-electron chi connectivity index (χ0n) is 9.65. The van der Waals surface area contributed by atoms with Crippen LogP contribution in [-0.4, -0.2) is 30.1 Å². The minimum absolute atomic E-state index is 0.0211. The first-order valence-electron chi connectivity index (χ1n) is 5.18. The lowest BCUT2D eigenvalue weighted by Crippen LogP contribution is -2.35. The van der Waals surface area contributed by atoms with Gasteiger partial charge < -0.3 is 0 Å². The van der Waals surface area contributed by atoms with Crippen LogP contribution in [0.15, 0.2) is 11.2 Å². The van der Waals surface area contributed by atoms with E-state index in [0.717, 1.165) is 0 Å². The van der Waals surface area contributed by atoms with Gasteiger partial charge in [0.2, 0.25) is 0 Å². The van der Waals surface area contributed by atoms with E-state index in [1.54, 1.807) is 0 Å². The summed E-state index contributed by atoms with van der Waals surface area (Å²) in [4.78, 5) is 0. The Labute approximate surface area is 111 Å². The SMILES string of the molecule is CCC(CCCl)NS(=O)(=O)c1c(Cl)cnn1C. The van der Waals surface area contributed by atoms with E-state index in [1.165, 1.54) is 17.9 Å². The molecule has 0 radical (unpaired) electrons. The van der Waals surface area contributed by atoms with Gasteiger partial charge in [-0.1, -0.05) is 18.5 Å². The van der Waals surface area contributed by atoms with Crippen LogP contribution in [-0.2, 0) is 17.1 Å². The summed E-state index contributed by atoms with van der Waals surface area (Å²) in [6, 6.07) is -0.191. The second kappa shape index (κ2) is 6.04. The van der Waals surface area contributed by atoms with E-state index in [-0.39, 0.29) is 16.1 Å². The third-order valence-electron chi connectivity index (χ3n) is 2.37. The molecular weight excluding hydrogens is 285 g/mol. The maximum atomic E-state index is 12.1. The van der Waals surface area contributed by atoms with Crippen LogP contribution in [0.2, 0.25) is 5.02 Å². The van der Waals surface area contributed by atoms with Gasteiger partial charge in [0.1, 0.15) is 0 Å². The highest BCUT2D eigenvalue weighted by Crippen LogP contribution is 2.20. The van der Waals surface area contributed by atoms with Gasteiger partial charge >= 0.3 is 0 Å². The Morgan fingerprint density at radius 2 is 2.24 bits per heavy atom. The average Bonchev–Trinajstić information content (AvgIpc) is 2.58. The molecule has 0 aliphatic rings. The minimum atomic E-state index is -3.65. The monoisotopic (exact) mass is 299 g/mol. The maximum Gasteiger partial charge on any atom is 0.259 e. The highest BCUT2D eigenvalue weighted by molar-refractivity contribution is 7.89. The molecule has 0 bridgehead atoms. The summed E-state index contributed by atoms with van der Waals surface area (Å²) in [5.74, 6) is 0.403. The fourth-order valence-electron chi connectivity index (χ4n) is 1.46. The summed E-state index contributed by atoms with van der Waals surface area (Å²) in [6.07, 6.45) is 2.55. The number of alkyl halides is 1. The van der Waals surface area contributed by atoms with Crippen molar-refractivity contribution < 1.29 is 8.42 Å². The number of halogens is 2. The van der Waals surface area contributed by atoms with Crippen LogP contribution in [0.25, 0.3) is 0 Å². The van der Waals surface area contributed by atoms with Gasteiger partial charge in [-0.3, -0.25) is 4.68 Å². The molecule has 0 amide bonds. The second-order valence-corrected chi connectivity index (χ2v) is 6.04. The van der Waals surface area contributed by atoms with Gasteiger partial charge in [0.05, 0.1) is 11.2 Å². The van der Waals surface area contributed by atoms with Gasteiger partial charge in [-0.2, -0.15) is 5.10 Å². The van der Waals surface area contributed by atoms with Crippen LogP contribution in [0, 0.1) is 0 Å². The van der Waals surface area contributed by atoms with Crippen molar-refractivity contribution in [1.82, 2.24) is 14.5 Å². The van der Waals surface area contributed by atoms with E-state index < -0.39 is 10.0 Å². The molecule has 1 rings (SSSR count). The Kier molecular flexibility index (Phi) is 5.24. The van der Waals surface area contributed by atoms with Crippen molar-refractivity contribution in [3.8, 4) is 0 Å². The van der Waals surface area contributed by atoms with Crippen molar-refractivity contribution >= 4 is 33.2 Å². The molecule has 1 N–H and O–H groups in total. The molecule has 98 valence electrons. The van der Waals surface area contributed by atoms with E-state index in [9.17, 15) is 8.42 Å². The summed E-state index contributed by atoms with van der Waals surface area (Å²) < 4.78 is 28.0. The smallest absolute Gasteiger partial charge is 0.255 e. The van der Waals surface area contributed by atoms with Crippen molar-refractivity contribution in [2.24, 2.45) is 7.05 Å². The van der Waals surface area contributed by atoms with Crippen molar-refractivity contribution in [2.45, 2.75) is 30.8 Å². The Bertz CT molecular complexity index is 453. The molecule has 1 heterocycles. The van der Waals surface area contributed by atoms with Crippen molar-refractivity contribution in [3.63, 3.8) is 0 Å². The predicted molar refractivity (Wildman–Crippen MR) is 68.0 cm³/mol. The number of aromatic nitrogens is 2. The maximum absolute atomic E-state index is 12.1. The third kappa shape index (κ3) is 3.58. The molecule has 0 fully saturated rings. The molecular formula is C9H15Cl2N3O2S. The lowest BCUT2D eigenvalue weighted by molar-refractivity contribution is 0.521. The molecule has 0 aliphatic heterocycles. The van der Waals surface area contributed by atoms with Crippen LogP contribution < -0.4 is 4.72 Å². The number of hydrogen-bond acceptors (Lipinski definition) is 3. The largest absolute Gasteiger partial charge is 0.259 e. The molecule has 0 saturated heterocycles. The van der Waals surface area contributed by atoms with Gasteiger partial charge in [-0.05, 0) is 12.8 Å². The number of sulfonamides is 1. The van der Waals surface area contributed by atoms with Gasteiger partial charge in [-0.25, -0.2) is 13.1 Å². The highest BCUT2D eigenvalue weighted by Gasteiger charge is 2.25. The predicted octanol–water partition coefficient (Wildman–Crippen LogP) is 1.76. The quantitative estimate of drug-likeness (QED) is 0.814. The molecule has 0 saturated carbocycles. The number of nitrogens with zero attached hydrogens (tertiary/aromatic N) is 2. The number of nitrogens with one attached hydrogen (secondary N) is 1. The van der Waals surface area contributed by atoms with Gasteiger partial charge in [0.15, 0.2) is 5.03 Å².